The molecule has 1 aromatic heterocycles. The fourth-order valence-corrected chi connectivity index (χ4v) is 2.78. The number of benzene rings is 1. The smallest absolute Gasteiger partial charge is 0.198 e. The molecule has 0 fully saturated rings. The zero-order valence-corrected chi connectivity index (χ0v) is 14.0. The lowest BCUT2D eigenvalue weighted by Crippen LogP contribution is -2.40. The summed E-state index contributed by atoms with van der Waals surface area (Å²) in [7, 11) is 0. The Morgan fingerprint density at radius 1 is 1.39 bits per heavy atom. The minimum Gasteiger partial charge on any atom is -0.359 e. The van der Waals surface area contributed by atoms with E-state index in [0.29, 0.717) is 12.5 Å². The van der Waals surface area contributed by atoms with E-state index in [4.69, 9.17) is 9.52 Å². The van der Waals surface area contributed by atoms with Crippen LogP contribution in [-0.4, -0.2) is 24.2 Å². The maximum atomic E-state index is 5.38. The third-order valence-corrected chi connectivity index (χ3v) is 4.03. The van der Waals surface area contributed by atoms with Crippen molar-refractivity contribution in [1.82, 2.24) is 10.5 Å². The number of para-hydroxylation sites is 1. The van der Waals surface area contributed by atoms with Gasteiger partial charge in [0.05, 0.1) is 5.69 Å². The largest absolute Gasteiger partial charge is 0.359 e. The van der Waals surface area contributed by atoms with Gasteiger partial charge in [-0.05, 0) is 30.9 Å². The zero-order valence-electron chi connectivity index (χ0n) is 14.0. The number of nitrogens with zero attached hydrogens (tertiary/aromatic N) is 3. The van der Waals surface area contributed by atoms with E-state index in [1.807, 2.05) is 6.07 Å². The fourth-order valence-electron chi connectivity index (χ4n) is 2.78. The Morgan fingerprint density at radius 2 is 2.22 bits per heavy atom. The molecule has 5 heteroatoms. The van der Waals surface area contributed by atoms with E-state index in [-0.39, 0.29) is 0 Å². The van der Waals surface area contributed by atoms with Gasteiger partial charge in [-0.2, -0.15) is 0 Å². The molecule has 0 amide bonds. The predicted octanol–water partition coefficient (Wildman–Crippen LogP) is 3.33. The van der Waals surface area contributed by atoms with Gasteiger partial charge >= 0.3 is 0 Å². The van der Waals surface area contributed by atoms with Crippen molar-refractivity contribution in [1.29, 1.82) is 0 Å². The number of aromatic nitrogens is 1. The van der Waals surface area contributed by atoms with Gasteiger partial charge in [0.25, 0.3) is 0 Å². The van der Waals surface area contributed by atoms with Gasteiger partial charge in [-0.25, -0.2) is 4.99 Å². The average molecular weight is 312 g/mol. The molecule has 0 bridgehead atoms. The van der Waals surface area contributed by atoms with Crippen molar-refractivity contribution in [2.45, 2.75) is 39.7 Å². The molecule has 0 unspecified atom stereocenters. The minimum absolute atomic E-state index is 0.371. The van der Waals surface area contributed by atoms with E-state index in [0.717, 1.165) is 36.9 Å². The Kier molecular flexibility index (Phi) is 4.65. The molecule has 0 aliphatic carbocycles. The number of fused-ring (bicyclic) bond motifs is 1. The first kappa shape index (κ1) is 15.6. The van der Waals surface area contributed by atoms with E-state index in [9.17, 15) is 0 Å². The van der Waals surface area contributed by atoms with Crippen molar-refractivity contribution in [2.24, 2.45) is 4.99 Å². The van der Waals surface area contributed by atoms with E-state index < -0.39 is 0 Å². The maximum absolute atomic E-state index is 5.38. The highest BCUT2D eigenvalue weighted by molar-refractivity contribution is 5.97. The summed E-state index contributed by atoms with van der Waals surface area (Å²) in [5.74, 6) is 2.08. The highest BCUT2D eigenvalue weighted by Crippen LogP contribution is 2.27. The minimum atomic E-state index is 0.371. The molecule has 122 valence electrons. The van der Waals surface area contributed by atoms with Crippen molar-refractivity contribution >= 4 is 11.6 Å². The van der Waals surface area contributed by atoms with Crippen LogP contribution < -0.4 is 10.2 Å². The lowest BCUT2D eigenvalue weighted by Gasteiger charge is -2.22. The van der Waals surface area contributed by atoms with Gasteiger partial charge in [0, 0.05) is 24.8 Å². The lowest BCUT2D eigenvalue weighted by atomic mass is 10.1. The molecule has 0 saturated heterocycles. The summed E-state index contributed by atoms with van der Waals surface area (Å²) < 4.78 is 5.38. The van der Waals surface area contributed by atoms with Gasteiger partial charge < -0.3 is 14.7 Å². The van der Waals surface area contributed by atoms with Gasteiger partial charge in [0.1, 0.15) is 6.54 Å². The summed E-state index contributed by atoms with van der Waals surface area (Å²) in [5, 5.41) is 7.47. The van der Waals surface area contributed by atoms with E-state index >= 15 is 0 Å². The molecule has 2 aromatic rings. The van der Waals surface area contributed by atoms with Crippen molar-refractivity contribution in [3.63, 3.8) is 0 Å². The van der Waals surface area contributed by atoms with Crippen LogP contribution in [0.25, 0.3) is 0 Å². The molecule has 1 aromatic carbocycles. The van der Waals surface area contributed by atoms with Crippen LogP contribution in [0.5, 0.6) is 0 Å². The van der Waals surface area contributed by atoms with Crippen LogP contribution in [0.4, 0.5) is 5.69 Å². The molecule has 0 atom stereocenters. The third kappa shape index (κ3) is 3.38. The van der Waals surface area contributed by atoms with Crippen LogP contribution in [0.2, 0.25) is 0 Å². The van der Waals surface area contributed by atoms with Crippen LogP contribution in [0.15, 0.2) is 39.8 Å². The molecule has 3 rings (SSSR count). The second-order valence-electron chi connectivity index (χ2n) is 6.07. The van der Waals surface area contributed by atoms with E-state index in [1.165, 1.54) is 11.3 Å². The molecule has 0 radical (unpaired) electrons. The zero-order chi connectivity index (χ0) is 16.2. The van der Waals surface area contributed by atoms with Gasteiger partial charge in [-0.15, -0.1) is 0 Å². The molecule has 1 aliphatic heterocycles. The standard InChI is InChI=1S/C18H24N4O/c1-4-19-18(20-12-15-11-16(13(2)3)21-23-15)22-10-9-14-7-5-6-8-17(14)22/h5-8,11,13H,4,9-10,12H2,1-3H3,(H,19,20). The Balaban J connectivity index is 1.78. The summed E-state index contributed by atoms with van der Waals surface area (Å²) >= 11 is 0. The summed E-state index contributed by atoms with van der Waals surface area (Å²) in [4.78, 5) is 6.98. The molecule has 0 saturated carbocycles. The summed E-state index contributed by atoms with van der Waals surface area (Å²) in [6.07, 6.45) is 1.06. The first-order chi connectivity index (χ1) is 11.2. The van der Waals surface area contributed by atoms with Crippen LogP contribution in [0.1, 0.15) is 43.7 Å². The number of guanidine groups is 1. The van der Waals surface area contributed by atoms with Crippen molar-refractivity contribution in [2.75, 3.05) is 18.0 Å². The molecule has 1 N–H and O–H groups in total. The second kappa shape index (κ2) is 6.86. The number of hydrogen-bond acceptors (Lipinski definition) is 3. The SMILES string of the molecule is CCNC(=NCc1cc(C(C)C)no1)N1CCc2ccccc21. The summed E-state index contributed by atoms with van der Waals surface area (Å²) in [6, 6.07) is 10.5. The maximum Gasteiger partial charge on any atom is 0.198 e. The number of aliphatic imine (C=N–C) groups is 1. The Hall–Kier alpha value is -2.30. The predicted molar refractivity (Wildman–Crippen MR) is 92.9 cm³/mol. The van der Waals surface area contributed by atoms with Gasteiger partial charge in [-0.1, -0.05) is 37.2 Å². The van der Waals surface area contributed by atoms with Crippen LogP contribution in [0, 0.1) is 0 Å². The highest BCUT2D eigenvalue weighted by atomic mass is 16.5. The molecular formula is C18H24N4O. The topological polar surface area (TPSA) is 53.7 Å². The first-order valence-electron chi connectivity index (χ1n) is 8.28. The van der Waals surface area contributed by atoms with Gasteiger partial charge in [-0.3, -0.25) is 0 Å². The number of rotatable bonds is 4. The monoisotopic (exact) mass is 312 g/mol. The van der Waals surface area contributed by atoms with Crippen molar-refractivity contribution < 1.29 is 4.52 Å². The Morgan fingerprint density at radius 3 is 2.96 bits per heavy atom. The molecule has 0 spiro atoms. The van der Waals surface area contributed by atoms with Gasteiger partial charge in [0.15, 0.2) is 11.7 Å². The molecule has 23 heavy (non-hydrogen) atoms. The quantitative estimate of drug-likeness (QED) is 0.695. The van der Waals surface area contributed by atoms with Crippen molar-refractivity contribution in [3.8, 4) is 0 Å². The van der Waals surface area contributed by atoms with Gasteiger partial charge in [0.2, 0.25) is 0 Å². The average Bonchev–Trinajstić information content (AvgIpc) is 3.18. The molecule has 5 nitrogen and oxygen atoms in total. The van der Waals surface area contributed by atoms with Crippen LogP contribution >= 0.6 is 0 Å². The molecule has 1 aliphatic rings. The Bertz CT molecular complexity index is 690. The lowest BCUT2D eigenvalue weighted by molar-refractivity contribution is 0.376. The van der Waals surface area contributed by atoms with Crippen LogP contribution in [0.3, 0.4) is 0 Å². The number of nitrogens with one attached hydrogen (secondary N) is 1. The van der Waals surface area contributed by atoms with E-state index in [2.05, 4.69) is 60.4 Å². The highest BCUT2D eigenvalue weighted by Gasteiger charge is 2.22. The fraction of sp³-hybridized carbons (Fsp3) is 0.444. The van der Waals surface area contributed by atoms with Crippen molar-refractivity contribution in [3.05, 3.63) is 47.3 Å². The molecule has 2 heterocycles. The third-order valence-electron chi connectivity index (χ3n) is 4.03. The second-order valence-corrected chi connectivity index (χ2v) is 6.07. The molecular weight excluding hydrogens is 288 g/mol. The normalized spacial score (nSPS) is 14.4. The number of anilines is 1. The summed E-state index contributed by atoms with van der Waals surface area (Å²) in [6.45, 7) is 8.60. The first-order valence-corrected chi connectivity index (χ1v) is 8.28. The van der Waals surface area contributed by atoms with Crippen LogP contribution in [-0.2, 0) is 13.0 Å². The Labute approximate surface area is 137 Å². The summed E-state index contributed by atoms with van der Waals surface area (Å²) in [5.41, 5.74) is 3.60. The van der Waals surface area contributed by atoms with E-state index in [1.54, 1.807) is 0 Å². The number of hydrogen-bond donors (Lipinski definition) is 1.